The van der Waals surface area contributed by atoms with Crippen molar-refractivity contribution in [1.82, 2.24) is 30.2 Å². The van der Waals surface area contributed by atoms with Gasteiger partial charge in [0.05, 0.1) is 29.4 Å². The van der Waals surface area contributed by atoms with Gasteiger partial charge in [0.1, 0.15) is 35.2 Å². The molecule has 4 amide bonds. The van der Waals surface area contributed by atoms with E-state index >= 15 is 0 Å². The topological polar surface area (TPSA) is 206 Å². The fraction of sp³-hybridized carbons (Fsp3) is 0.556. The van der Waals surface area contributed by atoms with Crippen LogP contribution in [-0.4, -0.2) is 94.3 Å². The first-order valence-electron chi connectivity index (χ1n) is 17.6. The highest BCUT2D eigenvalue weighted by Gasteiger charge is 2.63. The van der Waals surface area contributed by atoms with Gasteiger partial charge in [0.2, 0.25) is 27.7 Å². The highest BCUT2D eigenvalue weighted by atomic mass is 32.2. The first-order chi connectivity index (χ1) is 24.7. The lowest BCUT2D eigenvalue weighted by molar-refractivity contribution is -0.141. The lowest BCUT2D eigenvalue weighted by atomic mass is 10.0. The second-order valence-electron chi connectivity index (χ2n) is 14.0. The molecule has 0 spiro atoms. The highest BCUT2D eigenvalue weighted by Crippen LogP contribution is 2.47. The summed E-state index contributed by atoms with van der Waals surface area (Å²) < 4.78 is 38.7. The van der Waals surface area contributed by atoms with Crippen LogP contribution < -0.4 is 24.8 Å². The number of benzene rings is 1. The van der Waals surface area contributed by atoms with E-state index in [1.54, 1.807) is 31.2 Å². The Morgan fingerprint density at radius 3 is 2.50 bits per heavy atom. The zero-order valence-electron chi connectivity index (χ0n) is 29.9. The molecule has 0 unspecified atom stereocenters. The number of carboxylic acid groups (broad SMARTS) is 1. The van der Waals surface area contributed by atoms with Gasteiger partial charge in [-0.25, -0.2) is 23.2 Å². The van der Waals surface area contributed by atoms with E-state index in [4.69, 9.17) is 14.5 Å². The Hall–Kier alpha value is -4.73. The minimum Gasteiger partial charge on any atom is -0.497 e. The summed E-state index contributed by atoms with van der Waals surface area (Å²) >= 11 is 0. The number of aryl methyl sites for hydroxylation is 1. The number of methoxy groups -OCH3 is 1. The average molecular weight is 741 g/mol. The molecule has 52 heavy (non-hydrogen) atoms. The summed E-state index contributed by atoms with van der Waals surface area (Å²) in [7, 11) is -2.47. The number of hydrogen-bond acceptors (Lipinski definition) is 10. The number of amides is 4. The van der Waals surface area contributed by atoms with Gasteiger partial charge in [-0.2, -0.15) is 0 Å². The van der Waals surface area contributed by atoms with Gasteiger partial charge in [-0.3, -0.25) is 19.1 Å². The minimum atomic E-state index is -4.01. The minimum absolute atomic E-state index is 0.0233. The van der Waals surface area contributed by atoms with Crippen molar-refractivity contribution < 1.29 is 42.2 Å². The molecule has 2 saturated carbocycles. The number of nitrogens with zero attached hydrogens (tertiary/aromatic N) is 3. The smallest absolute Gasteiger partial charge is 0.405 e. The van der Waals surface area contributed by atoms with E-state index in [1.165, 1.54) is 18.1 Å². The normalized spacial score (nSPS) is 23.6. The SMILES string of the molecule is C=CCCCCC[C@H](NC(=O)O)C(=O)N1C[C@H](Oc2nc3cc(OC)ccc3nc2CC)C[C@H]1C(=O)N[C@]1(C(=O)NS(=O)(=O)C2(C)CC2)C[C@H]1C=C. The quantitative estimate of drug-likeness (QED) is 0.129. The number of ether oxygens (including phenoxy) is 2. The molecule has 16 heteroatoms. The number of allylic oxidation sites excluding steroid dienone is 1. The number of nitrogens with one attached hydrogen (secondary N) is 3. The maximum atomic E-state index is 14.2. The number of carbonyl (C=O) groups excluding carboxylic acids is 3. The number of hydrogen-bond donors (Lipinski definition) is 4. The fourth-order valence-electron chi connectivity index (χ4n) is 6.58. The van der Waals surface area contributed by atoms with E-state index in [0.29, 0.717) is 48.2 Å². The van der Waals surface area contributed by atoms with Gasteiger partial charge in [-0.1, -0.05) is 31.9 Å². The van der Waals surface area contributed by atoms with Gasteiger partial charge in [0, 0.05) is 18.4 Å². The number of unbranched alkanes of at least 4 members (excludes halogenated alkanes) is 3. The largest absolute Gasteiger partial charge is 0.497 e. The third-order valence-electron chi connectivity index (χ3n) is 10.2. The van der Waals surface area contributed by atoms with E-state index < -0.39 is 68.2 Å². The molecule has 3 aliphatic rings. The van der Waals surface area contributed by atoms with Crippen LogP contribution in [-0.2, 0) is 30.8 Å². The lowest BCUT2D eigenvalue weighted by Gasteiger charge is -2.29. The molecule has 2 heterocycles. The first-order valence-corrected chi connectivity index (χ1v) is 19.1. The monoisotopic (exact) mass is 740 g/mol. The van der Waals surface area contributed by atoms with Gasteiger partial charge in [0.25, 0.3) is 5.91 Å². The molecule has 5 rings (SSSR count). The van der Waals surface area contributed by atoms with Gasteiger partial charge in [-0.15, -0.1) is 13.2 Å². The molecule has 3 fully saturated rings. The van der Waals surface area contributed by atoms with Crippen LogP contribution in [0.4, 0.5) is 4.79 Å². The van der Waals surface area contributed by atoms with Gasteiger partial charge < -0.3 is 30.1 Å². The Bertz CT molecular complexity index is 1850. The molecule has 5 atom stereocenters. The Balaban J connectivity index is 1.42. The van der Waals surface area contributed by atoms with Crippen molar-refractivity contribution in [3.05, 3.63) is 49.2 Å². The molecule has 15 nitrogen and oxygen atoms in total. The summed E-state index contributed by atoms with van der Waals surface area (Å²) in [6, 6.07) is 2.92. The summed E-state index contributed by atoms with van der Waals surface area (Å²) in [5.41, 5.74) is 0.110. The van der Waals surface area contributed by atoms with Crippen LogP contribution in [0.15, 0.2) is 43.5 Å². The van der Waals surface area contributed by atoms with Crippen molar-refractivity contribution in [2.45, 2.75) is 107 Å². The predicted octanol–water partition coefficient (Wildman–Crippen LogP) is 3.38. The first kappa shape index (κ1) is 38.5. The number of rotatable bonds is 18. The molecule has 2 aliphatic carbocycles. The van der Waals surface area contributed by atoms with Crippen LogP contribution in [0.25, 0.3) is 11.0 Å². The third-order valence-corrected chi connectivity index (χ3v) is 12.4. The van der Waals surface area contributed by atoms with Crippen LogP contribution in [0.1, 0.15) is 77.3 Å². The maximum absolute atomic E-state index is 14.2. The van der Waals surface area contributed by atoms with Gasteiger partial charge in [-0.05, 0) is 64.0 Å². The Morgan fingerprint density at radius 2 is 1.88 bits per heavy atom. The fourth-order valence-corrected chi connectivity index (χ4v) is 7.89. The van der Waals surface area contributed by atoms with Crippen LogP contribution in [0.3, 0.4) is 0 Å². The molecular weight excluding hydrogens is 692 g/mol. The number of sulfonamides is 1. The molecular formula is C36H48N6O9S. The van der Waals surface area contributed by atoms with Gasteiger partial charge in [0.15, 0.2) is 0 Å². The highest BCUT2D eigenvalue weighted by molar-refractivity contribution is 7.91. The molecule has 0 bridgehead atoms. The Labute approximate surface area is 303 Å². The van der Waals surface area contributed by atoms with Crippen LogP contribution in [0.5, 0.6) is 11.6 Å². The van der Waals surface area contributed by atoms with Crippen LogP contribution >= 0.6 is 0 Å². The van der Waals surface area contributed by atoms with Crippen molar-refractivity contribution in [2.75, 3.05) is 13.7 Å². The molecule has 4 N–H and O–H groups in total. The molecule has 1 saturated heterocycles. The zero-order chi connectivity index (χ0) is 37.8. The predicted molar refractivity (Wildman–Crippen MR) is 192 cm³/mol. The van der Waals surface area contributed by atoms with E-state index in [1.807, 2.05) is 6.92 Å². The Morgan fingerprint density at radius 1 is 1.13 bits per heavy atom. The van der Waals surface area contributed by atoms with Crippen LogP contribution in [0.2, 0.25) is 0 Å². The third kappa shape index (κ3) is 8.16. The maximum Gasteiger partial charge on any atom is 0.405 e. The van der Waals surface area contributed by atoms with E-state index in [-0.39, 0.29) is 31.7 Å². The second kappa shape index (κ2) is 15.5. The van der Waals surface area contributed by atoms with E-state index in [9.17, 15) is 32.7 Å². The summed E-state index contributed by atoms with van der Waals surface area (Å²) in [5, 5.41) is 14.7. The number of fused-ring (bicyclic) bond motifs is 1. The molecule has 282 valence electrons. The molecule has 1 aliphatic heterocycles. The van der Waals surface area contributed by atoms with Gasteiger partial charge >= 0.3 is 6.09 Å². The standard InChI is InChI=1S/C36H48N6O9S/c1-6-9-10-11-12-13-27(39-34(46)47)32(44)42-21-24(51-31-25(8-3)37-26-15-14-23(50-5)18-28(26)38-31)19-29(42)30(43)40-36(20-22(36)7-2)33(45)41-52(48,49)35(4)16-17-35/h6-7,14-15,18,22,24,27,29,39H,1-2,8-13,16-17,19-21H2,3-5H3,(H,40,43)(H,41,45)(H,46,47)/t22-,24-,27+,29+,36-/m1/s1. The molecule has 2 aromatic rings. The molecule has 1 aromatic carbocycles. The Kier molecular flexibility index (Phi) is 11.5. The molecule has 0 radical (unpaired) electrons. The van der Waals surface area contributed by atoms with Crippen molar-refractivity contribution in [1.29, 1.82) is 0 Å². The van der Waals surface area contributed by atoms with Crippen LogP contribution in [0, 0.1) is 5.92 Å². The average Bonchev–Trinajstić information content (AvgIpc) is 4.00. The lowest BCUT2D eigenvalue weighted by Crippen LogP contribution is -2.58. The van der Waals surface area contributed by atoms with Crippen molar-refractivity contribution >= 4 is 44.9 Å². The number of carbonyl (C=O) groups is 4. The van der Waals surface area contributed by atoms with E-state index in [0.717, 1.165) is 19.3 Å². The van der Waals surface area contributed by atoms with Crippen molar-refractivity contribution in [3.63, 3.8) is 0 Å². The van der Waals surface area contributed by atoms with E-state index in [2.05, 4.69) is 33.5 Å². The summed E-state index contributed by atoms with van der Waals surface area (Å²) in [6.45, 7) is 10.8. The second-order valence-corrected chi connectivity index (χ2v) is 16.2. The summed E-state index contributed by atoms with van der Waals surface area (Å²) in [6.07, 6.45) is 5.58. The number of aromatic nitrogens is 2. The van der Waals surface area contributed by atoms with Crippen molar-refractivity contribution in [2.24, 2.45) is 5.92 Å². The van der Waals surface area contributed by atoms with Crippen molar-refractivity contribution in [3.8, 4) is 11.6 Å². The zero-order valence-corrected chi connectivity index (χ0v) is 30.7. The summed E-state index contributed by atoms with van der Waals surface area (Å²) in [5.74, 6) is -1.97. The summed E-state index contributed by atoms with van der Waals surface area (Å²) in [4.78, 5) is 64.3. The number of likely N-dealkylation sites (tertiary alicyclic amines) is 1. The molecule has 1 aromatic heterocycles.